The topological polar surface area (TPSA) is 49.8 Å². The molecule has 94 valence electrons. The van der Waals surface area contributed by atoms with Crippen molar-refractivity contribution in [3.63, 3.8) is 0 Å². The molecule has 1 aliphatic heterocycles. The molecule has 1 unspecified atom stereocenters. The molecule has 2 heterocycles. The maximum atomic E-state index is 4.23. The van der Waals surface area contributed by atoms with Crippen molar-refractivity contribution in [1.82, 2.24) is 15.5 Å². The smallest absolute Gasteiger partial charge is 0.0950 e. The van der Waals surface area contributed by atoms with Gasteiger partial charge in [-0.05, 0) is 44.5 Å². The molecule has 1 aromatic heterocycles. The van der Waals surface area contributed by atoms with Crippen LogP contribution < -0.4 is 10.6 Å². The molecule has 1 atom stereocenters. The maximum Gasteiger partial charge on any atom is 0.0950 e. The Hall–Kier alpha value is -1.68. The zero-order valence-electron chi connectivity index (χ0n) is 10.6. The average molecular weight is 242 g/mol. The van der Waals surface area contributed by atoms with Crippen LogP contribution in [0.1, 0.15) is 18.5 Å². The maximum absolute atomic E-state index is 4.23. The number of nitrogens with zero attached hydrogens (tertiary/aromatic N) is 2. The molecule has 4 heteroatoms. The van der Waals surface area contributed by atoms with Gasteiger partial charge in [-0.3, -0.25) is 0 Å². The largest absolute Gasteiger partial charge is 0.380 e. The number of aromatic nitrogens is 2. The minimum Gasteiger partial charge on any atom is -0.380 e. The lowest BCUT2D eigenvalue weighted by Gasteiger charge is -2.25. The summed E-state index contributed by atoms with van der Waals surface area (Å²) in [7, 11) is 0. The molecule has 4 nitrogen and oxygen atoms in total. The molecule has 1 aromatic carbocycles. The fraction of sp³-hybridized carbons (Fsp3) is 0.429. The Bertz CT molecular complexity index is 546. The predicted octanol–water partition coefficient (Wildman–Crippen LogP) is 2.10. The number of fused-ring (bicyclic) bond motifs is 1. The second-order valence-corrected chi connectivity index (χ2v) is 4.91. The first-order valence-electron chi connectivity index (χ1n) is 6.53. The van der Waals surface area contributed by atoms with Crippen LogP contribution in [0.25, 0.3) is 10.9 Å². The number of aryl methyl sites for hydroxylation is 1. The Morgan fingerprint density at radius 2 is 2.28 bits per heavy atom. The number of nitrogens with one attached hydrogen (secondary N) is 2. The summed E-state index contributed by atoms with van der Waals surface area (Å²) < 4.78 is 0. The summed E-state index contributed by atoms with van der Waals surface area (Å²) in [5.41, 5.74) is 3.08. The molecule has 1 saturated heterocycles. The van der Waals surface area contributed by atoms with Crippen LogP contribution in [0.2, 0.25) is 0 Å². The van der Waals surface area contributed by atoms with Crippen LogP contribution in [-0.2, 0) is 0 Å². The van der Waals surface area contributed by atoms with Gasteiger partial charge in [-0.15, -0.1) is 0 Å². The second kappa shape index (κ2) is 4.90. The van der Waals surface area contributed by atoms with Gasteiger partial charge in [0.15, 0.2) is 0 Å². The molecule has 0 spiro atoms. The van der Waals surface area contributed by atoms with Crippen molar-refractivity contribution in [2.75, 3.05) is 18.4 Å². The van der Waals surface area contributed by atoms with Crippen molar-refractivity contribution >= 4 is 16.6 Å². The van der Waals surface area contributed by atoms with Crippen molar-refractivity contribution in [2.24, 2.45) is 0 Å². The second-order valence-electron chi connectivity index (χ2n) is 4.91. The molecule has 2 aromatic rings. The summed E-state index contributed by atoms with van der Waals surface area (Å²) >= 11 is 0. The van der Waals surface area contributed by atoms with Crippen molar-refractivity contribution in [3.8, 4) is 0 Å². The van der Waals surface area contributed by atoms with Gasteiger partial charge in [-0.25, -0.2) is 0 Å². The predicted molar refractivity (Wildman–Crippen MR) is 73.8 cm³/mol. The monoisotopic (exact) mass is 242 g/mol. The van der Waals surface area contributed by atoms with E-state index in [0.717, 1.165) is 29.7 Å². The molecule has 0 amide bonds. The molecule has 0 radical (unpaired) electrons. The highest BCUT2D eigenvalue weighted by molar-refractivity contribution is 5.91. The van der Waals surface area contributed by atoms with Gasteiger partial charge in [0.2, 0.25) is 0 Å². The molecule has 0 saturated carbocycles. The van der Waals surface area contributed by atoms with E-state index in [9.17, 15) is 0 Å². The van der Waals surface area contributed by atoms with Crippen LogP contribution in [0.4, 0.5) is 5.69 Å². The normalized spacial score (nSPS) is 19.9. The SMILES string of the molecule is Cc1cc2c(NC3CCCNC3)cccc2nn1. The zero-order chi connectivity index (χ0) is 12.4. The number of hydrogen-bond donors (Lipinski definition) is 2. The number of rotatable bonds is 2. The first kappa shape index (κ1) is 11.4. The van der Waals surface area contributed by atoms with E-state index in [1.807, 2.05) is 19.1 Å². The van der Waals surface area contributed by atoms with E-state index in [0.29, 0.717) is 6.04 Å². The van der Waals surface area contributed by atoms with E-state index in [-0.39, 0.29) is 0 Å². The highest BCUT2D eigenvalue weighted by Crippen LogP contribution is 2.23. The fourth-order valence-electron chi connectivity index (χ4n) is 2.48. The van der Waals surface area contributed by atoms with Crippen LogP contribution in [0, 0.1) is 6.92 Å². The van der Waals surface area contributed by atoms with Crippen molar-refractivity contribution < 1.29 is 0 Å². The summed E-state index contributed by atoms with van der Waals surface area (Å²) in [6.07, 6.45) is 2.46. The molecular weight excluding hydrogens is 224 g/mol. The summed E-state index contributed by atoms with van der Waals surface area (Å²) in [5.74, 6) is 0. The highest BCUT2D eigenvalue weighted by atomic mass is 15.1. The fourth-order valence-corrected chi connectivity index (χ4v) is 2.48. The van der Waals surface area contributed by atoms with E-state index >= 15 is 0 Å². The van der Waals surface area contributed by atoms with Gasteiger partial charge in [-0.1, -0.05) is 6.07 Å². The third-order valence-electron chi connectivity index (χ3n) is 3.41. The van der Waals surface area contributed by atoms with E-state index in [1.165, 1.54) is 18.5 Å². The summed E-state index contributed by atoms with van der Waals surface area (Å²) in [5, 5.41) is 16.5. The number of hydrogen-bond acceptors (Lipinski definition) is 4. The number of piperidine rings is 1. The molecular formula is C14H18N4. The van der Waals surface area contributed by atoms with Crippen LogP contribution in [0.5, 0.6) is 0 Å². The molecule has 1 aliphatic rings. The van der Waals surface area contributed by atoms with Gasteiger partial charge in [-0.2, -0.15) is 10.2 Å². The standard InChI is InChI=1S/C14H18N4/c1-10-8-12-13(5-2-6-14(12)18-17-10)16-11-4-3-7-15-9-11/h2,5-6,8,11,15-16H,3-4,7,9H2,1H3. The van der Waals surface area contributed by atoms with Crippen molar-refractivity contribution in [1.29, 1.82) is 0 Å². The van der Waals surface area contributed by atoms with E-state index in [4.69, 9.17) is 0 Å². The van der Waals surface area contributed by atoms with Gasteiger partial charge < -0.3 is 10.6 Å². The zero-order valence-corrected chi connectivity index (χ0v) is 10.6. The average Bonchev–Trinajstić information content (AvgIpc) is 2.41. The van der Waals surface area contributed by atoms with Gasteiger partial charge in [0, 0.05) is 23.7 Å². The number of benzene rings is 1. The van der Waals surface area contributed by atoms with Crippen molar-refractivity contribution in [3.05, 3.63) is 30.0 Å². The summed E-state index contributed by atoms with van der Waals surface area (Å²) in [4.78, 5) is 0. The lowest BCUT2D eigenvalue weighted by molar-refractivity contribution is 0.480. The van der Waals surface area contributed by atoms with E-state index in [1.54, 1.807) is 0 Å². The van der Waals surface area contributed by atoms with E-state index in [2.05, 4.69) is 33.0 Å². The Kier molecular flexibility index (Phi) is 3.11. The third-order valence-corrected chi connectivity index (χ3v) is 3.41. The molecule has 1 fully saturated rings. The minimum absolute atomic E-state index is 0.512. The summed E-state index contributed by atoms with van der Waals surface area (Å²) in [6.45, 7) is 4.15. The number of anilines is 1. The molecule has 3 rings (SSSR count). The van der Waals surface area contributed by atoms with Gasteiger partial charge in [0.25, 0.3) is 0 Å². The first-order valence-corrected chi connectivity index (χ1v) is 6.53. The van der Waals surface area contributed by atoms with Crippen molar-refractivity contribution in [2.45, 2.75) is 25.8 Å². The van der Waals surface area contributed by atoms with E-state index < -0.39 is 0 Å². The molecule has 2 N–H and O–H groups in total. The molecule has 0 aliphatic carbocycles. The van der Waals surface area contributed by atoms with Gasteiger partial charge in [0.05, 0.1) is 11.2 Å². The van der Waals surface area contributed by atoms with Crippen LogP contribution >= 0.6 is 0 Å². The lowest BCUT2D eigenvalue weighted by atomic mass is 10.1. The highest BCUT2D eigenvalue weighted by Gasteiger charge is 2.13. The first-order chi connectivity index (χ1) is 8.83. The summed E-state index contributed by atoms with van der Waals surface area (Å²) in [6, 6.07) is 8.77. The Balaban J connectivity index is 1.92. The Morgan fingerprint density at radius 1 is 1.33 bits per heavy atom. The van der Waals surface area contributed by atoms with Gasteiger partial charge >= 0.3 is 0 Å². The quantitative estimate of drug-likeness (QED) is 0.846. The van der Waals surface area contributed by atoms with Crippen LogP contribution in [0.3, 0.4) is 0 Å². The van der Waals surface area contributed by atoms with Gasteiger partial charge in [0.1, 0.15) is 0 Å². The van der Waals surface area contributed by atoms with Crippen LogP contribution in [0.15, 0.2) is 24.3 Å². The third kappa shape index (κ3) is 2.29. The molecule has 18 heavy (non-hydrogen) atoms. The minimum atomic E-state index is 0.512. The molecule has 0 bridgehead atoms. The van der Waals surface area contributed by atoms with Crippen LogP contribution in [-0.4, -0.2) is 29.3 Å². The Labute approximate surface area is 107 Å². The lowest BCUT2D eigenvalue weighted by Crippen LogP contribution is -2.38. The Morgan fingerprint density at radius 3 is 3.11 bits per heavy atom.